The maximum atomic E-state index is 6.14. The van der Waals surface area contributed by atoms with Crippen LogP contribution in [0, 0.1) is 0 Å². The Bertz CT molecular complexity index is 529. The number of nitrogens with zero attached hydrogens (tertiary/aromatic N) is 2. The average Bonchev–Trinajstić information content (AvgIpc) is 2.81. The predicted molar refractivity (Wildman–Crippen MR) is 69.7 cm³/mol. The standard InChI is InChI=1S/C11H11BrClN3O/c1-2-8(14)11-16-15-10(17-11)6-4-3-5-7(12)9(6)13/h3-5,8H,2,14H2,1H3. The molecule has 2 N–H and O–H groups in total. The minimum absolute atomic E-state index is 0.234. The van der Waals surface area contributed by atoms with Crippen molar-refractivity contribution >= 4 is 27.5 Å². The minimum Gasteiger partial charge on any atom is -0.419 e. The monoisotopic (exact) mass is 315 g/mol. The van der Waals surface area contributed by atoms with Crippen molar-refractivity contribution in [2.24, 2.45) is 5.73 Å². The van der Waals surface area contributed by atoms with Crippen LogP contribution in [0.3, 0.4) is 0 Å². The number of hydrogen-bond acceptors (Lipinski definition) is 4. The molecule has 0 aliphatic carbocycles. The Morgan fingerprint density at radius 2 is 2.24 bits per heavy atom. The van der Waals surface area contributed by atoms with Gasteiger partial charge in [-0.25, -0.2) is 0 Å². The third-order valence-electron chi connectivity index (χ3n) is 2.38. The normalized spacial score (nSPS) is 12.7. The van der Waals surface area contributed by atoms with Gasteiger partial charge in [0.2, 0.25) is 11.8 Å². The van der Waals surface area contributed by atoms with Crippen molar-refractivity contribution < 1.29 is 4.42 Å². The van der Waals surface area contributed by atoms with Crippen LogP contribution in [0.25, 0.3) is 11.5 Å². The maximum Gasteiger partial charge on any atom is 0.249 e. The first-order valence-corrected chi connectivity index (χ1v) is 6.34. The molecule has 6 heteroatoms. The molecule has 0 saturated carbocycles. The van der Waals surface area contributed by atoms with Crippen molar-refractivity contribution in [1.82, 2.24) is 10.2 Å². The highest BCUT2D eigenvalue weighted by molar-refractivity contribution is 9.10. The minimum atomic E-state index is -0.234. The van der Waals surface area contributed by atoms with Crippen LogP contribution in [-0.4, -0.2) is 10.2 Å². The Labute approximate surface area is 112 Å². The van der Waals surface area contributed by atoms with E-state index in [1.54, 1.807) is 0 Å². The third-order valence-corrected chi connectivity index (χ3v) is 3.68. The van der Waals surface area contributed by atoms with Gasteiger partial charge in [0, 0.05) is 4.47 Å². The maximum absolute atomic E-state index is 6.14. The molecular weight excluding hydrogens is 305 g/mol. The van der Waals surface area contributed by atoms with Crippen molar-refractivity contribution in [3.05, 3.63) is 33.6 Å². The first-order chi connectivity index (χ1) is 8.13. The highest BCUT2D eigenvalue weighted by Gasteiger charge is 2.16. The summed E-state index contributed by atoms with van der Waals surface area (Å²) in [4.78, 5) is 0. The fourth-order valence-corrected chi connectivity index (χ4v) is 1.91. The topological polar surface area (TPSA) is 64.9 Å². The van der Waals surface area contributed by atoms with Gasteiger partial charge in [0.15, 0.2) is 0 Å². The van der Waals surface area contributed by atoms with Crippen molar-refractivity contribution in [2.75, 3.05) is 0 Å². The van der Waals surface area contributed by atoms with Crippen molar-refractivity contribution in [3.63, 3.8) is 0 Å². The van der Waals surface area contributed by atoms with Crippen molar-refractivity contribution in [1.29, 1.82) is 0 Å². The van der Waals surface area contributed by atoms with E-state index in [0.29, 0.717) is 22.4 Å². The largest absolute Gasteiger partial charge is 0.419 e. The molecule has 2 aromatic rings. The van der Waals surface area contributed by atoms with Crippen molar-refractivity contribution in [3.8, 4) is 11.5 Å². The average molecular weight is 317 g/mol. The van der Waals surface area contributed by atoms with E-state index >= 15 is 0 Å². The SMILES string of the molecule is CCC(N)c1nnc(-c2cccc(Br)c2Cl)o1. The summed E-state index contributed by atoms with van der Waals surface area (Å²) in [5, 5.41) is 8.42. The van der Waals surface area contributed by atoms with Gasteiger partial charge in [-0.3, -0.25) is 0 Å². The summed E-state index contributed by atoms with van der Waals surface area (Å²) in [5.74, 6) is 0.814. The van der Waals surface area contributed by atoms with Crippen LogP contribution in [0.5, 0.6) is 0 Å². The molecule has 2 rings (SSSR count). The number of halogens is 2. The van der Waals surface area contributed by atoms with Gasteiger partial charge >= 0.3 is 0 Å². The second kappa shape index (κ2) is 5.16. The molecule has 90 valence electrons. The van der Waals surface area contributed by atoms with Crippen LogP contribution in [0.2, 0.25) is 5.02 Å². The van der Waals surface area contributed by atoms with E-state index in [9.17, 15) is 0 Å². The summed E-state index contributed by atoms with van der Waals surface area (Å²) in [6.45, 7) is 1.96. The molecule has 0 spiro atoms. The predicted octanol–water partition coefficient (Wildman–Crippen LogP) is 3.56. The summed E-state index contributed by atoms with van der Waals surface area (Å²) >= 11 is 9.49. The van der Waals surface area contributed by atoms with Gasteiger partial charge in [0.25, 0.3) is 0 Å². The third kappa shape index (κ3) is 2.51. The summed E-state index contributed by atoms with van der Waals surface area (Å²) < 4.78 is 6.29. The molecule has 0 fully saturated rings. The highest BCUT2D eigenvalue weighted by atomic mass is 79.9. The van der Waals surface area contributed by atoms with E-state index in [1.807, 2.05) is 25.1 Å². The van der Waals surface area contributed by atoms with Crippen LogP contribution >= 0.6 is 27.5 Å². The van der Waals surface area contributed by atoms with E-state index in [4.69, 9.17) is 21.8 Å². The molecule has 1 aromatic heterocycles. The molecule has 1 aromatic carbocycles. The Kier molecular flexibility index (Phi) is 3.81. The quantitative estimate of drug-likeness (QED) is 0.940. The first-order valence-electron chi connectivity index (χ1n) is 5.16. The van der Waals surface area contributed by atoms with E-state index in [-0.39, 0.29) is 6.04 Å². The molecule has 0 aliphatic heterocycles. The summed E-state index contributed by atoms with van der Waals surface area (Å²) in [7, 11) is 0. The lowest BCUT2D eigenvalue weighted by molar-refractivity contribution is 0.452. The lowest BCUT2D eigenvalue weighted by atomic mass is 10.2. The fraction of sp³-hybridized carbons (Fsp3) is 0.273. The van der Waals surface area contributed by atoms with E-state index in [2.05, 4.69) is 26.1 Å². The molecule has 1 atom stereocenters. The Morgan fingerprint density at radius 3 is 2.94 bits per heavy atom. The molecule has 1 unspecified atom stereocenters. The summed E-state index contributed by atoms with van der Waals surface area (Å²) in [5.41, 5.74) is 6.51. The second-order valence-electron chi connectivity index (χ2n) is 3.56. The summed E-state index contributed by atoms with van der Waals surface area (Å²) in [6.07, 6.45) is 0.744. The number of benzene rings is 1. The van der Waals surface area contributed by atoms with Gasteiger partial charge in [-0.15, -0.1) is 10.2 Å². The van der Waals surface area contributed by atoms with E-state index in [0.717, 1.165) is 10.9 Å². The van der Waals surface area contributed by atoms with Crippen LogP contribution < -0.4 is 5.73 Å². The van der Waals surface area contributed by atoms with Gasteiger partial charge in [-0.2, -0.15) is 0 Å². The highest BCUT2D eigenvalue weighted by Crippen LogP contribution is 2.33. The van der Waals surface area contributed by atoms with Gasteiger partial charge in [0.05, 0.1) is 16.6 Å². The zero-order chi connectivity index (χ0) is 12.4. The Morgan fingerprint density at radius 1 is 1.47 bits per heavy atom. The number of nitrogens with two attached hydrogens (primary N) is 1. The lowest BCUT2D eigenvalue weighted by Crippen LogP contribution is -2.08. The zero-order valence-corrected chi connectivity index (χ0v) is 11.5. The molecule has 0 radical (unpaired) electrons. The molecule has 17 heavy (non-hydrogen) atoms. The molecule has 0 saturated heterocycles. The van der Waals surface area contributed by atoms with E-state index in [1.165, 1.54) is 0 Å². The van der Waals surface area contributed by atoms with Gasteiger partial charge in [0.1, 0.15) is 0 Å². The van der Waals surface area contributed by atoms with Crippen molar-refractivity contribution in [2.45, 2.75) is 19.4 Å². The molecule has 4 nitrogen and oxygen atoms in total. The van der Waals surface area contributed by atoms with Gasteiger partial charge in [-0.1, -0.05) is 24.6 Å². The molecule has 0 bridgehead atoms. The smallest absolute Gasteiger partial charge is 0.249 e. The Hall–Kier alpha value is -0.910. The zero-order valence-electron chi connectivity index (χ0n) is 9.15. The van der Waals surface area contributed by atoms with Crippen LogP contribution in [0.4, 0.5) is 0 Å². The van der Waals surface area contributed by atoms with Gasteiger partial charge in [-0.05, 0) is 34.5 Å². The second-order valence-corrected chi connectivity index (χ2v) is 4.79. The first kappa shape index (κ1) is 12.5. The molecular formula is C11H11BrClN3O. The molecule has 0 amide bonds. The number of rotatable bonds is 3. The lowest BCUT2D eigenvalue weighted by Gasteiger charge is -2.02. The van der Waals surface area contributed by atoms with Crippen LogP contribution in [0.15, 0.2) is 27.1 Å². The molecule has 1 heterocycles. The number of aromatic nitrogens is 2. The Balaban J connectivity index is 2.40. The summed E-state index contributed by atoms with van der Waals surface area (Å²) in [6, 6.07) is 5.29. The fourth-order valence-electron chi connectivity index (χ4n) is 1.34. The van der Waals surface area contributed by atoms with Crippen LogP contribution in [0.1, 0.15) is 25.3 Å². The molecule has 0 aliphatic rings. The van der Waals surface area contributed by atoms with E-state index < -0.39 is 0 Å². The van der Waals surface area contributed by atoms with Crippen LogP contribution in [-0.2, 0) is 0 Å². The number of hydrogen-bond donors (Lipinski definition) is 1. The van der Waals surface area contributed by atoms with Gasteiger partial charge < -0.3 is 10.2 Å².